The average Bonchev–Trinajstić information content (AvgIpc) is 3.17. The molecule has 0 aromatic heterocycles. The number of hydrogen-bond acceptors (Lipinski definition) is 6. The van der Waals surface area contributed by atoms with Crippen molar-refractivity contribution >= 4 is 11.9 Å². The maximum absolute atomic E-state index is 11.8. The first-order valence-corrected chi connectivity index (χ1v) is 10.1. The highest BCUT2D eigenvalue weighted by molar-refractivity contribution is 5.83. The van der Waals surface area contributed by atoms with Crippen molar-refractivity contribution in [3.63, 3.8) is 0 Å². The third-order valence-corrected chi connectivity index (χ3v) is 8.00. The molecule has 6 unspecified atom stereocenters. The minimum Gasteiger partial charge on any atom is -0.466 e. The van der Waals surface area contributed by atoms with E-state index < -0.39 is 0 Å². The molecule has 4 fully saturated rings. The first-order valence-electron chi connectivity index (χ1n) is 10.1. The van der Waals surface area contributed by atoms with E-state index in [1.165, 1.54) is 14.2 Å². The van der Waals surface area contributed by atoms with Crippen LogP contribution in [0.1, 0.15) is 12.8 Å². The van der Waals surface area contributed by atoms with Crippen LogP contribution in [0.15, 0.2) is 48.6 Å². The van der Waals surface area contributed by atoms with Crippen molar-refractivity contribution in [2.45, 2.75) is 48.1 Å². The summed E-state index contributed by atoms with van der Waals surface area (Å²) in [6.07, 6.45) is 18.9. The molecule has 4 heterocycles. The second-order valence-corrected chi connectivity index (χ2v) is 8.78. The van der Waals surface area contributed by atoms with Gasteiger partial charge in [-0.3, -0.25) is 9.80 Å². The number of fused-ring (bicyclic) bond motifs is 10. The van der Waals surface area contributed by atoms with Gasteiger partial charge in [0.25, 0.3) is 0 Å². The summed E-state index contributed by atoms with van der Waals surface area (Å²) in [5, 5.41) is 0. The zero-order valence-corrected chi connectivity index (χ0v) is 16.0. The number of piperidine rings is 2. The van der Waals surface area contributed by atoms with Crippen molar-refractivity contribution < 1.29 is 19.1 Å². The van der Waals surface area contributed by atoms with E-state index in [0.717, 1.165) is 12.8 Å². The van der Waals surface area contributed by atoms with E-state index in [2.05, 4.69) is 46.3 Å². The Labute approximate surface area is 164 Å². The molecule has 0 aromatic carbocycles. The lowest BCUT2D eigenvalue weighted by atomic mass is 9.81. The van der Waals surface area contributed by atoms with Crippen molar-refractivity contribution in [2.75, 3.05) is 14.2 Å². The fraction of sp³-hybridized carbons (Fsp3) is 0.545. The van der Waals surface area contributed by atoms with Crippen LogP contribution in [0.3, 0.4) is 0 Å². The molecule has 2 aliphatic carbocycles. The Morgan fingerprint density at radius 3 is 1.64 bits per heavy atom. The zero-order chi connectivity index (χ0) is 19.3. The number of carbonyl (C=O) groups excluding carboxylic acids is 2. The molecule has 0 aromatic rings. The predicted molar refractivity (Wildman–Crippen MR) is 101 cm³/mol. The van der Waals surface area contributed by atoms with Gasteiger partial charge in [0.1, 0.15) is 0 Å². The molecule has 146 valence electrons. The van der Waals surface area contributed by atoms with Gasteiger partial charge in [-0.2, -0.15) is 0 Å². The van der Waals surface area contributed by atoms with E-state index in [1.807, 2.05) is 0 Å². The van der Waals surface area contributed by atoms with Crippen LogP contribution in [0.5, 0.6) is 0 Å². The molecule has 28 heavy (non-hydrogen) atoms. The fourth-order valence-electron chi connectivity index (χ4n) is 6.96. The molecular weight excluding hydrogens is 356 g/mol. The first-order chi connectivity index (χ1) is 13.6. The van der Waals surface area contributed by atoms with Gasteiger partial charge in [-0.25, -0.2) is 9.59 Å². The Balaban J connectivity index is 1.35. The third-order valence-electron chi connectivity index (χ3n) is 8.00. The highest BCUT2D eigenvalue weighted by Crippen LogP contribution is 2.72. The number of ether oxygens (including phenoxy) is 2. The smallest absolute Gasteiger partial charge is 0.330 e. The largest absolute Gasteiger partial charge is 0.466 e. The number of methoxy groups -OCH3 is 2. The van der Waals surface area contributed by atoms with Crippen molar-refractivity contribution in [2.24, 2.45) is 11.8 Å². The van der Waals surface area contributed by atoms with Crippen molar-refractivity contribution in [3.05, 3.63) is 48.6 Å². The van der Waals surface area contributed by atoms with Crippen molar-refractivity contribution in [1.29, 1.82) is 0 Å². The quantitative estimate of drug-likeness (QED) is 0.309. The molecule has 4 saturated heterocycles. The summed E-state index contributed by atoms with van der Waals surface area (Å²) in [5.41, 5.74) is -0.178. The molecule has 10 atom stereocenters. The topological polar surface area (TPSA) is 58.6 Å². The maximum Gasteiger partial charge on any atom is 0.330 e. The van der Waals surface area contributed by atoms with E-state index in [-0.39, 0.29) is 23.0 Å². The number of rotatable bonds is 5. The number of nitrogens with zero attached hydrogens (tertiary/aromatic N) is 2. The Morgan fingerprint density at radius 2 is 1.25 bits per heavy atom. The molecule has 0 N–H and O–H groups in total. The molecule has 0 saturated carbocycles. The molecule has 4 aliphatic heterocycles. The van der Waals surface area contributed by atoms with Gasteiger partial charge in [0.2, 0.25) is 0 Å². The second-order valence-electron chi connectivity index (χ2n) is 8.78. The van der Waals surface area contributed by atoms with Gasteiger partial charge in [-0.15, -0.1) is 0 Å². The standard InChI is InChI=1S/C22H24N2O4/c1-27-17(25)7-9-21-13-3-5-15(11-13)23(21)19(21)20-22(10-8-18(26)28-2)14-4-6-16(12-14)24(20)22/h3-10,13-16,19-20H,11-12H2,1-2H3/b9-7+,10-8+/t13?,14?,15?,16?,19-,20-,21-,22-,23?,24?/m1/s1. The van der Waals surface area contributed by atoms with E-state index in [0.29, 0.717) is 36.0 Å². The minimum atomic E-state index is -0.301. The number of hydrogen-bond donors (Lipinski definition) is 0. The Hall–Kier alpha value is -2.18. The van der Waals surface area contributed by atoms with Crippen LogP contribution in [0.4, 0.5) is 0 Å². The molecule has 0 radical (unpaired) electrons. The molecule has 6 rings (SSSR count). The van der Waals surface area contributed by atoms with Gasteiger partial charge in [-0.05, 0) is 12.8 Å². The predicted octanol–water partition coefficient (Wildman–Crippen LogP) is 1.21. The van der Waals surface area contributed by atoms with Crippen molar-refractivity contribution in [3.8, 4) is 0 Å². The summed E-state index contributed by atoms with van der Waals surface area (Å²) in [6.45, 7) is 0. The zero-order valence-electron chi connectivity index (χ0n) is 16.0. The first kappa shape index (κ1) is 16.7. The third kappa shape index (κ3) is 1.77. The maximum atomic E-state index is 11.8. The van der Waals surface area contributed by atoms with E-state index in [9.17, 15) is 9.59 Å². The second kappa shape index (κ2) is 5.24. The molecule has 0 spiro atoms. The lowest BCUT2D eigenvalue weighted by Gasteiger charge is -2.19. The van der Waals surface area contributed by atoms with Crippen LogP contribution >= 0.6 is 0 Å². The average molecular weight is 380 g/mol. The Morgan fingerprint density at radius 1 is 0.821 bits per heavy atom. The Kier molecular flexibility index (Phi) is 3.14. The molecule has 0 amide bonds. The van der Waals surface area contributed by atoms with E-state index >= 15 is 0 Å². The molecule has 6 heteroatoms. The van der Waals surface area contributed by atoms with E-state index in [1.54, 1.807) is 12.2 Å². The summed E-state index contributed by atoms with van der Waals surface area (Å²) < 4.78 is 9.67. The summed E-state index contributed by atoms with van der Waals surface area (Å²) in [6, 6.07) is 1.62. The Bertz CT molecular complexity index is 819. The van der Waals surface area contributed by atoms with Crippen LogP contribution in [0, 0.1) is 11.8 Å². The van der Waals surface area contributed by atoms with Crippen LogP contribution in [0.2, 0.25) is 0 Å². The van der Waals surface area contributed by atoms with Crippen molar-refractivity contribution in [1.82, 2.24) is 9.80 Å². The number of carbonyl (C=O) groups is 2. The SMILES string of the molecule is COC(=O)/C=C/[C@]12C3C=CC(C3)N1[C@@H]2[C@H]1N2C3C=CC(C3)[C@]12/C=C/C(=O)OC. The van der Waals surface area contributed by atoms with Gasteiger partial charge in [0, 0.05) is 36.1 Å². The van der Waals surface area contributed by atoms with Gasteiger partial charge in [0.15, 0.2) is 0 Å². The molecule has 4 bridgehead atoms. The summed E-state index contributed by atoms with van der Waals surface area (Å²) in [4.78, 5) is 28.7. The van der Waals surface area contributed by atoms with Gasteiger partial charge >= 0.3 is 11.9 Å². The van der Waals surface area contributed by atoms with Gasteiger partial charge < -0.3 is 9.47 Å². The van der Waals surface area contributed by atoms with E-state index in [4.69, 9.17) is 9.47 Å². The lowest BCUT2D eigenvalue weighted by molar-refractivity contribution is -0.135. The fourth-order valence-corrected chi connectivity index (χ4v) is 6.96. The van der Waals surface area contributed by atoms with Crippen LogP contribution < -0.4 is 0 Å². The summed E-state index contributed by atoms with van der Waals surface area (Å²) >= 11 is 0. The normalized spacial score (nSPS) is 53.1. The number of esters is 2. The minimum absolute atomic E-state index is 0.0891. The lowest BCUT2D eigenvalue weighted by Crippen LogP contribution is -2.31. The van der Waals surface area contributed by atoms with Crippen LogP contribution in [0.25, 0.3) is 0 Å². The highest BCUT2D eigenvalue weighted by atomic mass is 16.5. The van der Waals surface area contributed by atoms with Gasteiger partial charge in [-0.1, -0.05) is 36.5 Å². The highest BCUT2D eigenvalue weighted by Gasteiger charge is 2.85. The molecular formula is C22H24N2O4. The molecule has 6 nitrogen and oxygen atoms in total. The monoisotopic (exact) mass is 380 g/mol. The summed E-state index contributed by atoms with van der Waals surface area (Å²) in [5.74, 6) is 0.284. The van der Waals surface area contributed by atoms with Crippen LogP contribution in [-0.4, -0.2) is 71.2 Å². The van der Waals surface area contributed by atoms with Crippen LogP contribution in [-0.2, 0) is 19.1 Å². The van der Waals surface area contributed by atoms with Gasteiger partial charge in [0.05, 0.1) is 37.4 Å². The summed E-state index contributed by atoms with van der Waals surface area (Å²) in [7, 11) is 2.83. The molecule has 6 aliphatic rings.